The van der Waals surface area contributed by atoms with Crippen molar-refractivity contribution in [3.8, 4) is 5.75 Å². The van der Waals surface area contributed by atoms with Gasteiger partial charge in [0.05, 0.1) is 18.6 Å². The molecule has 142 valence electrons. The molecule has 3 rings (SSSR count). The Morgan fingerprint density at radius 2 is 2.15 bits per heavy atom. The maximum absolute atomic E-state index is 11.1. The van der Waals surface area contributed by atoms with E-state index < -0.39 is 10.9 Å². The van der Waals surface area contributed by atoms with Gasteiger partial charge in [-0.15, -0.1) is 0 Å². The Labute approximate surface area is 152 Å². The third kappa shape index (κ3) is 4.70. The van der Waals surface area contributed by atoms with E-state index in [2.05, 4.69) is 10.2 Å². The average molecular weight is 363 g/mol. The Morgan fingerprint density at radius 1 is 1.42 bits per heavy atom. The zero-order valence-electron chi connectivity index (χ0n) is 14.9. The molecule has 2 aliphatic carbocycles. The first kappa shape index (κ1) is 18.6. The highest BCUT2D eigenvalue weighted by molar-refractivity contribution is 5.69. The molecule has 0 saturated heterocycles. The van der Waals surface area contributed by atoms with Gasteiger partial charge in [0.1, 0.15) is 0 Å². The molecular weight excluding hydrogens is 338 g/mol. The molecule has 8 nitrogen and oxygen atoms in total. The second-order valence-corrected chi connectivity index (χ2v) is 7.23. The molecule has 8 heteroatoms. The molecule has 2 aliphatic rings. The topological polar surface area (TPSA) is 105 Å². The molecular formula is C18H25N3O5. The van der Waals surface area contributed by atoms with Crippen molar-refractivity contribution in [3.63, 3.8) is 0 Å². The number of hydrogen-bond acceptors (Lipinski definition) is 6. The number of carboxylic acid groups (broad SMARTS) is 1. The van der Waals surface area contributed by atoms with E-state index in [0.29, 0.717) is 24.5 Å². The fraction of sp³-hybridized carbons (Fsp3) is 0.611. The molecule has 26 heavy (non-hydrogen) atoms. The summed E-state index contributed by atoms with van der Waals surface area (Å²) in [5.41, 5.74) is 0.802. The van der Waals surface area contributed by atoms with Gasteiger partial charge in [-0.3, -0.25) is 19.8 Å². The number of nitro groups is 1. The van der Waals surface area contributed by atoms with Gasteiger partial charge in [-0.1, -0.05) is 6.07 Å². The number of benzene rings is 1. The van der Waals surface area contributed by atoms with Crippen LogP contribution in [0.2, 0.25) is 0 Å². The summed E-state index contributed by atoms with van der Waals surface area (Å²) in [5, 5.41) is 23.6. The predicted molar refractivity (Wildman–Crippen MR) is 95.2 cm³/mol. The van der Waals surface area contributed by atoms with E-state index in [0.717, 1.165) is 24.9 Å². The SMILES string of the molecule is COc1ccc(CNC2CC(N(CC(=O)O)CC3CC3)C2)cc1[N+](=O)[O-]. The second-order valence-electron chi connectivity index (χ2n) is 7.23. The largest absolute Gasteiger partial charge is 0.490 e. The van der Waals surface area contributed by atoms with Gasteiger partial charge in [0.2, 0.25) is 0 Å². The van der Waals surface area contributed by atoms with Crippen LogP contribution in [0.1, 0.15) is 31.2 Å². The van der Waals surface area contributed by atoms with Crippen molar-refractivity contribution in [2.75, 3.05) is 20.2 Å². The maximum atomic E-state index is 11.1. The van der Waals surface area contributed by atoms with Gasteiger partial charge in [0.15, 0.2) is 5.75 Å². The Morgan fingerprint density at radius 3 is 2.73 bits per heavy atom. The van der Waals surface area contributed by atoms with Crippen molar-refractivity contribution in [1.29, 1.82) is 0 Å². The molecule has 0 amide bonds. The summed E-state index contributed by atoms with van der Waals surface area (Å²) in [6.45, 7) is 1.54. The van der Waals surface area contributed by atoms with Crippen LogP contribution in [0.5, 0.6) is 5.75 Å². The summed E-state index contributed by atoms with van der Waals surface area (Å²) in [7, 11) is 1.42. The van der Waals surface area contributed by atoms with Crippen LogP contribution < -0.4 is 10.1 Å². The van der Waals surface area contributed by atoms with Gasteiger partial charge in [-0.05, 0) is 43.2 Å². The highest BCUT2D eigenvalue weighted by Crippen LogP contribution is 2.34. The molecule has 2 saturated carbocycles. The fourth-order valence-corrected chi connectivity index (χ4v) is 3.45. The van der Waals surface area contributed by atoms with Crippen molar-refractivity contribution in [1.82, 2.24) is 10.2 Å². The lowest BCUT2D eigenvalue weighted by Crippen LogP contribution is -2.54. The van der Waals surface area contributed by atoms with Gasteiger partial charge < -0.3 is 15.2 Å². The van der Waals surface area contributed by atoms with E-state index in [1.54, 1.807) is 6.07 Å². The highest BCUT2D eigenvalue weighted by atomic mass is 16.6. The van der Waals surface area contributed by atoms with Crippen LogP contribution in [-0.4, -0.2) is 53.2 Å². The van der Waals surface area contributed by atoms with E-state index in [9.17, 15) is 14.9 Å². The first-order valence-corrected chi connectivity index (χ1v) is 8.96. The van der Waals surface area contributed by atoms with Crippen LogP contribution in [0.4, 0.5) is 5.69 Å². The van der Waals surface area contributed by atoms with E-state index in [1.165, 1.54) is 26.0 Å². The van der Waals surface area contributed by atoms with Crippen molar-refractivity contribution >= 4 is 11.7 Å². The Bertz CT molecular complexity index is 671. The molecule has 0 bridgehead atoms. The fourth-order valence-electron chi connectivity index (χ4n) is 3.45. The van der Waals surface area contributed by atoms with Crippen LogP contribution in [-0.2, 0) is 11.3 Å². The normalized spacial score (nSPS) is 22.1. The van der Waals surface area contributed by atoms with E-state index >= 15 is 0 Å². The number of hydrogen-bond donors (Lipinski definition) is 2. The Hall–Kier alpha value is -2.19. The van der Waals surface area contributed by atoms with Gasteiger partial charge >= 0.3 is 11.7 Å². The lowest BCUT2D eigenvalue weighted by atomic mass is 9.85. The van der Waals surface area contributed by atoms with Crippen LogP contribution in [0.15, 0.2) is 18.2 Å². The number of carbonyl (C=O) groups is 1. The van der Waals surface area contributed by atoms with Crippen molar-refractivity contribution in [3.05, 3.63) is 33.9 Å². The standard InChI is InChI=1S/C18H25N3O5/c1-26-17-5-4-13(6-16(17)21(24)25)9-19-14-7-15(8-14)20(11-18(22)23)10-12-2-3-12/h4-6,12,14-15,19H,2-3,7-11H2,1H3,(H,22,23). The number of ether oxygens (including phenoxy) is 1. The van der Waals surface area contributed by atoms with Crippen LogP contribution >= 0.6 is 0 Å². The number of nitro benzene ring substituents is 1. The number of nitrogens with zero attached hydrogens (tertiary/aromatic N) is 2. The number of carboxylic acids is 1. The lowest BCUT2D eigenvalue weighted by Gasteiger charge is -2.43. The molecule has 2 N–H and O–H groups in total. The molecule has 0 aliphatic heterocycles. The van der Waals surface area contributed by atoms with Gasteiger partial charge in [0, 0.05) is 31.2 Å². The van der Waals surface area contributed by atoms with Gasteiger partial charge in [-0.25, -0.2) is 0 Å². The minimum absolute atomic E-state index is 0.0321. The Kier molecular flexibility index (Phi) is 5.73. The Balaban J connectivity index is 1.48. The average Bonchev–Trinajstić information content (AvgIpc) is 3.36. The first-order valence-electron chi connectivity index (χ1n) is 8.96. The van der Waals surface area contributed by atoms with Crippen LogP contribution in [0.25, 0.3) is 0 Å². The number of methoxy groups -OCH3 is 1. The molecule has 0 atom stereocenters. The van der Waals surface area contributed by atoms with Crippen molar-refractivity contribution in [2.24, 2.45) is 5.92 Å². The summed E-state index contributed by atoms with van der Waals surface area (Å²) in [5.74, 6) is 0.153. The molecule has 2 fully saturated rings. The smallest absolute Gasteiger partial charge is 0.317 e. The van der Waals surface area contributed by atoms with Gasteiger partial charge in [0.25, 0.3) is 0 Å². The molecule has 0 heterocycles. The molecule has 1 aromatic rings. The summed E-state index contributed by atoms with van der Waals surface area (Å²) >= 11 is 0. The summed E-state index contributed by atoms with van der Waals surface area (Å²) < 4.78 is 5.01. The molecule has 0 spiro atoms. The minimum atomic E-state index is -0.771. The maximum Gasteiger partial charge on any atom is 0.317 e. The lowest BCUT2D eigenvalue weighted by molar-refractivity contribution is -0.385. The molecule has 0 radical (unpaired) electrons. The highest BCUT2D eigenvalue weighted by Gasteiger charge is 2.36. The molecule has 1 aromatic carbocycles. The monoisotopic (exact) mass is 363 g/mol. The van der Waals surface area contributed by atoms with Gasteiger partial charge in [-0.2, -0.15) is 0 Å². The zero-order chi connectivity index (χ0) is 18.7. The third-order valence-corrected chi connectivity index (χ3v) is 5.19. The molecule has 0 unspecified atom stereocenters. The quantitative estimate of drug-likeness (QED) is 0.484. The van der Waals surface area contributed by atoms with Crippen molar-refractivity contribution in [2.45, 2.75) is 44.3 Å². The first-order chi connectivity index (χ1) is 12.5. The third-order valence-electron chi connectivity index (χ3n) is 5.19. The van der Waals surface area contributed by atoms with Crippen LogP contribution in [0.3, 0.4) is 0 Å². The number of rotatable bonds is 10. The summed E-state index contributed by atoms with van der Waals surface area (Å²) in [6.07, 6.45) is 4.25. The number of nitrogens with one attached hydrogen (secondary N) is 1. The zero-order valence-corrected chi connectivity index (χ0v) is 14.9. The van der Waals surface area contributed by atoms with E-state index in [-0.39, 0.29) is 18.0 Å². The number of aliphatic carboxylic acids is 1. The van der Waals surface area contributed by atoms with Crippen molar-refractivity contribution < 1.29 is 19.6 Å². The second kappa shape index (κ2) is 8.01. The summed E-state index contributed by atoms with van der Waals surface area (Å²) in [4.78, 5) is 23.8. The van der Waals surface area contributed by atoms with E-state index in [4.69, 9.17) is 9.84 Å². The summed E-state index contributed by atoms with van der Waals surface area (Å²) in [6, 6.07) is 5.60. The predicted octanol–water partition coefficient (Wildman–Crippen LogP) is 2.02. The van der Waals surface area contributed by atoms with E-state index in [1.807, 2.05) is 6.07 Å². The minimum Gasteiger partial charge on any atom is -0.490 e. The molecule has 0 aromatic heterocycles. The van der Waals surface area contributed by atoms with Crippen LogP contribution in [0, 0.1) is 16.0 Å².